The zero-order chi connectivity index (χ0) is 22.4. The number of morpholine rings is 1. The molecule has 4 heterocycles. The smallest absolute Gasteiger partial charge is 0.185 e. The summed E-state index contributed by atoms with van der Waals surface area (Å²) in [6.07, 6.45) is 7.77. The van der Waals surface area contributed by atoms with Crippen molar-refractivity contribution in [1.82, 2.24) is 18.9 Å². The number of aromatic nitrogens is 3. The van der Waals surface area contributed by atoms with Crippen LogP contribution in [0.3, 0.4) is 0 Å². The van der Waals surface area contributed by atoms with Crippen molar-refractivity contribution in [3.8, 4) is 5.69 Å². The Morgan fingerprint density at radius 1 is 1.09 bits per heavy atom. The summed E-state index contributed by atoms with van der Waals surface area (Å²) in [6.45, 7) is 4.58. The first-order chi connectivity index (χ1) is 16.2. The van der Waals surface area contributed by atoms with E-state index in [1.165, 1.54) is 23.7 Å². The average Bonchev–Trinajstić information content (AvgIpc) is 3.49. The van der Waals surface area contributed by atoms with Gasteiger partial charge >= 0.3 is 0 Å². The SMILES string of the molecule is Cc1cn(-c2ccc(/C=C3\OCCN4C3=NCCN4c3ccc(F)cc3)c3cnsc23)cn1. The van der Waals surface area contributed by atoms with Crippen LogP contribution in [0.2, 0.25) is 0 Å². The second kappa shape index (κ2) is 8.00. The molecule has 0 saturated carbocycles. The summed E-state index contributed by atoms with van der Waals surface area (Å²) >= 11 is 1.47. The predicted molar refractivity (Wildman–Crippen MR) is 128 cm³/mol. The summed E-state index contributed by atoms with van der Waals surface area (Å²) in [5.74, 6) is 1.28. The Kier molecular flexibility index (Phi) is 4.83. The summed E-state index contributed by atoms with van der Waals surface area (Å²) in [6, 6.07) is 10.7. The van der Waals surface area contributed by atoms with Crippen molar-refractivity contribution >= 4 is 39.2 Å². The van der Waals surface area contributed by atoms with E-state index in [4.69, 9.17) is 9.73 Å². The van der Waals surface area contributed by atoms with E-state index in [1.807, 2.05) is 36.3 Å². The van der Waals surface area contributed by atoms with Gasteiger partial charge in [0, 0.05) is 17.8 Å². The van der Waals surface area contributed by atoms with Gasteiger partial charge in [-0.05, 0) is 60.4 Å². The van der Waals surface area contributed by atoms with E-state index in [-0.39, 0.29) is 5.82 Å². The van der Waals surface area contributed by atoms with Crippen LogP contribution in [0.1, 0.15) is 11.3 Å². The van der Waals surface area contributed by atoms with Crippen molar-refractivity contribution in [2.75, 3.05) is 31.3 Å². The van der Waals surface area contributed by atoms with Crippen LogP contribution in [0.4, 0.5) is 10.1 Å². The van der Waals surface area contributed by atoms with Crippen molar-refractivity contribution in [1.29, 1.82) is 0 Å². The summed E-state index contributed by atoms with van der Waals surface area (Å²) in [5.41, 5.74) is 3.99. The third kappa shape index (κ3) is 3.54. The zero-order valence-corrected chi connectivity index (χ0v) is 18.8. The summed E-state index contributed by atoms with van der Waals surface area (Å²) in [7, 11) is 0. The number of aryl methyl sites for hydroxylation is 1. The van der Waals surface area contributed by atoms with Gasteiger partial charge in [-0.25, -0.2) is 9.37 Å². The van der Waals surface area contributed by atoms with Gasteiger partial charge in [0.15, 0.2) is 11.6 Å². The molecule has 7 nitrogen and oxygen atoms in total. The number of fused-ring (bicyclic) bond motifs is 2. The van der Waals surface area contributed by atoms with Crippen LogP contribution in [-0.2, 0) is 4.74 Å². The van der Waals surface area contributed by atoms with E-state index < -0.39 is 0 Å². The number of anilines is 1. The largest absolute Gasteiger partial charge is 0.488 e. The highest BCUT2D eigenvalue weighted by Gasteiger charge is 2.31. The molecule has 0 bridgehead atoms. The summed E-state index contributed by atoms with van der Waals surface area (Å²) in [4.78, 5) is 9.12. The quantitative estimate of drug-likeness (QED) is 0.453. The average molecular weight is 461 g/mol. The van der Waals surface area contributed by atoms with Gasteiger partial charge in [0.1, 0.15) is 12.4 Å². The van der Waals surface area contributed by atoms with Gasteiger partial charge in [-0.2, -0.15) is 4.37 Å². The second-order valence-electron chi connectivity index (χ2n) is 7.95. The highest BCUT2D eigenvalue weighted by Crippen LogP contribution is 2.32. The molecular formula is C24H21FN6OS. The number of benzene rings is 2. The lowest BCUT2D eigenvalue weighted by molar-refractivity contribution is 0.160. The van der Waals surface area contributed by atoms with Crippen molar-refractivity contribution in [2.45, 2.75) is 6.92 Å². The lowest BCUT2D eigenvalue weighted by atomic mass is 10.1. The molecule has 0 atom stereocenters. The van der Waals surface area contributed by atoms with E-state index in [0.29, 0.717) is 19.7 Å². The normalized spacial score (nSPS) is 17.3. The molecule has 1 saturated heterocycles. The Hall–Kier alpha value is -3.72. The fraction of sp³-hybridized carbons (Fsp3) is 0.208. The zero-order valence-electron chi connectivity index (χ0n) is 18.0. The number of hydrogen-bond acceptors (Lipinski definition) is 7. The maximum Gasteiger partial charge on any atom is 0.185 e. The first-order valence-corrected chi connectivity index (χ1v) is 11.5. The molecular weight excluding hydrogens is 439 g/mol. The lowest BCUT2D eigenvalue weighted by Gasteiger charge is -2.43. The summed E-state index contributed by atoms with van der Waals surface area (Å²) in [5, 5.41) is 5.33. The monoisotopic (exact) mass is 460 g/mol. The van der Waals surface area contributed by atoms with E-state index in [0.717, 1.165) is 50.9 Å². The maximum absolute atomic E-state index is 13.4. The fourth-order valence-electron chi connectivity index (χ4n) is 4.28. The van der Waals surface area contributed by atoms with Gasteiger partial charge < -0.3 is 9.30 Å². The lowest BCUT2D eigenvalue weighted by Crippen LogP contribution is -2.55. The first kappa shape index (κ1) is 19.9. The number of imidazole rings is 1. The molecule has 0 N–H and O–H groups in total. The Morgan fingerprint density at radius 2 is 1.97 bits per heavy atom. The molecule has 2 aliphatic rings. The molecule has 2 aromatic heterocycles. The van der Waals surface area contributed by atoms with Gasteiger partial charge in [-0.3, -0.25) is 15.0 Å². The highest BCUT2D eigenvalue weighted by molar-refractivity contribution is 7.13. The molecule has 33 heavy (non-hydrogen) atoms. The molecule has 1 fully saturated rings. The topological polar surface area (TPSA) is 58.8 Å². The molecule has 0 amide bonds. The molecule has 9 heteroatoms. The summed E-state index contributed by atoms with van der Waals surface area (Å²) < 4.78 is 27.1. The number of rotatable bonds is 3. The second-order valence-corrected chi connectivity index (χ2v) is 8.75. The molecule has 2 aliphatic heterocycles. The van der Waals surface area contributed by atoms with E-state index >= 15 is 0 Å². The predicted octanol–water partition coefficient (Wildman–Crippen LogP) is 4.44. The van der Waals surface area contributed by atoms with Gasteiger partial charge in [0.05, 0.1) is 47.7 Å². The Balaban J connectivity index is 1.37. The molecule has 166 valence electrons. The first-order valence-electron chi connectivity index (χ1n) is 10.8. The number of hydrazine groups is 1. The number of ether oxygens (including phenoxy) is 1. The van der Waals surface area contributed by atoms with Gasteiger partial charge in [-0.15, -0.1) is 0 Å². The van der Waals surface area contributed by atoms with Crippen LogP contribution in [0.5, 0.6) is 0 Å². The van der Waals surface area contributed by atoms with Gasteiger partial charge in [0.25, 0.3) is 0 Å². The molecule has 2 aromatic carbocycles. The molecule has 0 spiro atoms. The van der Waals surface area contributed by atoms with E-state index in [1.54, 1.807) is 12.1 Å². The number of aliphatic imine (C=N–C) groups is 1. The van der Waals surface area contributed by atoms with Crippen LogP contribution in [0, 0.1) is 12.7 Å². The van der Waals surface area contributed by atoms with E-state index in [2.05, 4.69) is 31.5 Å². The molecule has 4 aromatic rings. The number of nitrogens with zero attached hydrogens (tertiary/aromatic N) is 6. The maximum atomic E-state index is 13.4. The minimum Gasteiger partial charge on any atom is -0.488 e. The Labute approximate surface area is 194 Å². The van der Waals surface area contributed by atoms with Crippen LogP contribution in [0.25, 0.3) is 21.8 Å². The van der Waals surface area contributed by atoms with Crippen LogP contribution in [-0.4, -0.2) is 51.0 Å². The van der Waals surface area contributed by atoms with Crippen molar-refractivity contribution in [3.05, 3.63) is 78.0 Å². The van der Waals surface area contributed by atoms with Crippen molar-refractivity contribution in [2.24, 2.45) is 4.99 Å². The minimum atomic E-state index is -0.241. The van der Waals surface area contributed by atoms with E-state index in [9.17, 15) is 4.39 Å². The molecule has 0 radical (unpaired) electrons. The molecule has 0 unspecified atom stereocenters. The number of halogens is 1. The molecule has 0 aliphatic carbocycles. The standard InChI is InChI=1S/C24H21FN6OS/c1-16-14-29(15-27-16)21-7-2-17(20-13-28-33-23(20)21)12-22-24-26-8-9-30(31(24)10-11-32-22)19-5-3-18(25)4-6-19/h2-7,12-15H,8-11H2,1H3/b22-12-. The van der Waals surface area contributed by atoms with Crippen LogP contribution in [0.15, 0.2) is 65.9 Å². The fourth-order valence-corrected chi connectivity index (χ4v) is 5.08. The number of hydrogen-bond donors (Lipinski definition) is 0. The van der Waals surface area contributed by atoms with Gasteiger partial charge in [-0.1, -0.05) is 6.07 Å². The van der Waals surface area contributed by atoms with Crippen molar-refractivity contribution in [3.63, 3.8) is 0 Å². The third-order valence-electron chi connectivity index (χ3n) is 5.83. The van der Waals surface area contributed by atoms with Gasteiger partial charge in [0.2, 0.25) is 0 Å². The Morgan fingerprint density at radius 3 is 2.79 bits per heavy atom. The highest BCUT2D eigenvalue weighted by atomic mass is 32.1. The van der Waals surface area contributed by atoms with Crippen LogP contribution < -0.4 is 5.01 Å². The van der Waals surface area contributed by atoms with Crippen molar-refractivity contribution < 1.29 is 9.13 Å². The molecule has 6 rings (SSSR count). The number of amidine groups is 1. The van der Waals surface area contributed by atoms with Crippen LogP contribution >= 0.6 is 11.5 Å². The Bertz CT molecular complexity index is 1390. The third-order valence-corrected chi connectivity index (χ3v) is 6.65. The minimum absolute atomic E-state index is 0.241.